The average Bonchev–Trinajstić information content (AvgIpc) is 3.54. The van der Waals surface area contributed by atoms with Gasteiger partial charge in [0.05, 0.1) is 37.5 Å². The first-order valence-electron chi connectivity index (χ1n) is 10.6. The normalized spacial score (nSPS) is 12.1. The first-order valence-corrected chi connectivity index (χ1v) is 16.2. The minimum atomic E-state index is 0.170. The molecule has 0 aliphatic rings. The lowest BCUT2D eigenvalue weighted by molar-refractivity contribution is 0.475. The highest BCUT2D eigenvalue weighted by Gasteiger charge is 2.22. The molecular formula is C26H10BBr3O2S4. The average molecular weight is 733 g/mol. The molecule has 174 valence electrons. The number of thiophene rings is 4. The summed E-state index contributed by atoms with van der Waals surface area (Å²) < 4.78 is 10.5. The fourth-order valence-electron chi connectivity index (χ4n) is 4.42. The summed E-state index contributed by atoms with van der Waals surface area (Å²) in [5, 5.41) is 22.1. The second-order valence-corrected chi connectivity index (χ2v) is 14.9. The lowest BCUT2D eigenvalue weighted by Crippen LogP contribution is -2.04. The van der Waals surface area contributed by atoms with Crippen molar-refractivity contribution in [3.63, 3.8) is 0 Å². The number of phenolic OH excluding ortho intramolecular Hbond substituents is 2. The summed E-state index contributed by atoms with van der Waals surface area (Å²) in [5.74, 6) is 0.413. The summed E-state index contributed by atoms with van der Waals surface area (Å²) >= 11 is 18.4. The van der Waals surface area contributed by atoms with Crippen molar-refractivity contribution < 1.29 is 10.2 Å². The second kappa shape index (κ2) is 8.56. The Morgan fingerprint density at radius 1 is 0.583 bits per heavy atom. The van der Waals surface area contributed by atoms with Gasteiger partial charge in [-0.15, -0.1) is 45.3 Å². The number of hydrogen-bond donors (Lipinski definition) is 2. The van der Waals surface area contributed by atoms with E-state index in [1.165, 1.54) is 39.0 Å². The molecule has 3 aromatic carbocycles. The van der Waals surface area contributed by atoms with E-state index in [1.807, 2.05) is 12.1 Å². The van der Waals surface area contributed by atoms with Crippen LogP contribution in [-0.2, 0) is 0 Å². The van der Waals surface area contributed by atoms with E-state index in [-0.39, 0.29) is 11.5 Å². The minimum absolute atomic E-state index is 0.170. The Balaban J connectivity index is 1.43. The molecule has 36 heavy (non-hydrogen) atoms. The maximum atomic E-state index is 9.81. The van der Waals surface area contributed by atoms with E-state index in [0.29, 0.717) is 5.46 Å². The predicted molar refractivity (Wildman–Crippen MR) is 171 cm³/mol. The number of benzene rings is 3. The molecule has 2 N–H and O–H groups in total. The van der Waals surface area contributed by atoms with Gasteiger partial charge in [0.25, 0.3) is 0 Å². The van der Waals surface area contributed by atoms with Gasteiger partial charge >= 0.3 is 0 Å². The maximum absolute atomic E-state index is 9.81. The van der Waals surface area contributed by atoms with Crippen LogP contribution in [0.15, 0.2) is 61.9 Å². The van der Waals surface area contributed by atoms with Crippen molar-refractivity contribution in [2.45, 2.75) is 0 Å². The van der Waals surface area contributed by atoms with Gasteiger partial charge in [0.1, 0.15) is 19.3 Å². The third kappa shape index (κ3) is 3.49. The van der Waals surface area contributed by atoms with Crippen molar-refractivity contribution in [2.75, 3.05) is 0 Å². The molecule has 0 bridgehead atoms. The molecule has 0 saturated heterocycles. The van der Waals surface area contributed by atoms with Crippen molar-refractivity contribution in [1.82, 2.24) is 0 Å². The van der Waals surface area contributed by atoms with E-state index < -0.39 is 0 Å². The van der Waals surface area contributed by atoms with Gasteiger partial charge in [-0.05, 0) is 95.8 Å². The van der Waals surface area contributed by atoms with Gasteiger partial charge in [0.2, 0.25) is 0 Å². The Morgan fingerprint density at radius 2 is 1.08 bits per heavy atom. The zero-order valence-corrected chi connectivity index (χ0v) is 25.9. The molecule has 0 amide bonds. The first-order chi connectivity index (χ1) is 17.3. The number of fused-ring (bicyclic) bond motifs is 6. The minimum Gasteiger partial charge on any atom is -0.508 e. The smallest absolute Gasteiger partial charge is 0.116 e. The van der Waals surface area contributed by atoms with Crippen molar-refractivity contribution in [3.8, 4) is 32.4 Å². The zero-order valence-electron chi connectivity index (χ0n) is 17.9. The second-order valence-electron chi connectivity index (χ2n) is 8.29. The molecule has 4 aromatic heterocycles. The SMILES string of the molecule is [B]c1cc(O)ccc1-c1sc2c(sc3cc4c(cc32)sc2c(Br)c(-c3ccc(O)cc3Br)sc24)c1Br. The van der Waals surface area contributed by atoms with Gasteiger partial charge in [-0.1, -0.05) is 11.5 Å². The van der Waals surface area contributed by atoms with Crippen LogP contribution in [0.2, 0.25) is 0 Å². The molecular weight excluding hydrogens is 723 g/mol. The first kappa shape index (κ1) is 23.7. The molecule has 0 spiro atoms. The summed E-state index contributed by atoms with van der Waals surface area (Å²) in [5.41, 5.74) is 2.55. The van der Waals surface area contributed by atoms with Crippen LogP contribution in [0.4, 0.5) is 0 Å². The quantitative estimate of drug-likeness (QED) is 0.174. The van der Waals surface area contributed by atoms with Crippen LogP contribution in [0.3, 0.4) is 0 Å². The fourth-order valence-corrected chi connectivity index (χ4v) is 12.4. The van der Waals surface area contributed by atoms with E-state index in [0.717, 1.165) is 34.3 Å². The van der Waals surface area contributed by atoms with Crippen LogP contribution in [-0.4, -0.2) is 18.1 Å². The highest BCUT2D eigenvalue weighted by Crippen LogP contribution is 2.54. The summed E-state index contributed by atoms with van der Waals surface area (Å²) in [6.07, 6.45) is 0. The summed E-state index contributed by atoms with van der Waals surface area (Å²) in [7, 11) is 6.23. The molecule has 0 unspecified atom stereocenters. The topological polar surface area (TPSA) is 40.5 Å². The van der Waals surface area contributed by atoms with Gasteiger partial charge in [-0.25, -0.2) is 0 Å². The van der Waals surface area contributed by atoms with Gasteiger partial charge in [0, 0.05) is 30.2 Å². The number of halogens is 3. The van der Waals surface area contributed by atoms with E-state index in [2.05, 4.69) is 59.9 Å². The number of hydrogen-bond acceptors (Lipinski definition) is 6. The van der Waals surface area contributed by atoms with Crippen molar-refractivity contribution in [2.24, 2.45) is 0 Å². The summed E-state index contributed by atoms with van der Waals surface area (Å²) in [6.45, 7) is 0. The Kier molecular flexibility index (Phi) is 5.64. The Bertz CT molecular complexity index is 1890. The molecule has 4 heterocycles. The lowest BCUT2D eigenvalue weighted by atomic mass is 9.90. The third-order valence-electron chi connectivity index (χ3n) is 6.09. The molecule has 2 nitrogen and oxygen atoms in total. The molecule has 10 heteroatoms. The molecule has 0 aliphatic carbocycles. The van der Waals surface area contributed by atoms with E-state index in [9.17, 15) is 10.2 Å². The van der Waals surface area contributed by atoms with Gasteiger partial charge < -0.3 is 10.2 Å². The standard InChI is InChI=1S/C26H10BBr3O2S4/c27-15-5-9(31)1-3-11(15)21-19(29)25-23(35-21)13-7-18-14(8-17(13)33-25)24-26(34-18)20(30)22(36-24)12-4-2-10(32)6-16(12)28/h1-8,31-32H. The van der Waals surface area contributed by atoms with Crippen molar-refractivity contribution in [3.05, 3.63) is 61.9 Å². The van der Waals surface area contributed by atoms with E-state index in [4.69, 9.17) is 7.85 Å². The van der Waals surface area contributed by atoms with Crippen molar-refractivity contribution in [1.29, 1.82) is 0 Å². The highest BCUT2D eigenvalue weighted by atomic mass is 79.9. The molecule has 0 fully saturated rings. The van der Waals surface area contributed by atoms with Crippen LogP contribution in [0.5, 0.6) is 11.5 Å². The molecule has 0 saturated carbocycles. The molecule has 2 radical (unpaired) electrons. The van der Waals surface area contributed by atoms with Crippen LogP contribution < -0.4 is 5.46 Å². The Labute approximate surface area is 247 Å². The van der Waals surface area contributed by atoms with Crippen molar-refractivity contribution >= 4 is 145 Å². The maximum Gasteiger partial charge on any atom is 0.116 e. The number of rotatable bonds is 2. The van der Waals surface area contributed by atoms with Gasteiger partial charge in [0.15, 0.2) is 0 Å². The van der Waals surface area contributed by atoms with Crippen LogP contribution in [0, 0.1) is 0 Å². The fraction of sp³-hybridized carbons (Fsp3) is 0. The van der Waals surface area contributed by atoms with Gasteiger partial charge in [-0.2, -0.15) is 0 Å². The summed E-state index contributed by atoms with van der Waals surface area (Å²) in [6, 6.07) is 15.2. The summed E-state index contributed by atoms with van der Waals surface area (Å²) in [4.78, 5) is 2.23. The molecule has 7 rings (SSSR count). The van der Waals surface area contributed by atoms with Crippen LogP contribution >= 0.6 is 93.1 Å². The zero-order chi connectivity index (χ0) is 24.9. The van der Waals surface area contributed by atoms with E-state index >= 15 is 0 Å². The molecule has 0 atom stereocenters. The lowest BCUT2D eigenvalue weighted by Gasteiger charge is -2.05. The largest absolute Gasteiger partial charge is 0.508 e. The van der Waals surface area contributed by atoms with Crippen LogP contribution in [0.1, 0.15) is 0 Å². The Hall–Kier alpha value is -1.40. The van der Waals surface area contributed by atoms with E-state index in [1.54, 1.807) is 69.6 Å². The monoisotopic (exact) mass is 730 g/mol. The number of phenols is 2. The van der Waals surface area contributed by atoms with Crippen LogP contribution in [0.25, 0.3) is 59.9 Å². The number of aromatic hydroxyl groups is 2. The highest BCUT2D eigenvalue weighted by molar-refractivity contribution is 9.11. The Morgan fingerprint density at radius 3 is 1.61 bits per heavy atom. The predicted octanol–water partition coefficient (Wildman–Crippen LogP) is 10.4. The molecule has 7 aromatic rings. The third-order valence-corrected chi connectivity index (χ3v) is 14.5. The molecule has 0 aliphatic heterocycles. The van der Waals surface area contributed by atoms with Gasteiger partial charge in [-0.3, -0.25) is 0 Å².